The summed E-state index contributed by atoms with van der Waals surface area (Å²) in [5.74, 6) is 0. The van der Waals surface area contributed by atoms with Crippen molar-refractivity contribution in [3.63, 3.8) is 0 Å². The molecule has 0 unspecified atom stereocenters. The smallest absolute Gasteiger partial charge is 0.449 e. The molecule has 0 saturated carbocycles. The van der Waals surface area contributed by atoms with Crippen molar-refractivity contribution in [3.05, 3.63) is 0 Å². The molecular formula is H9O6PSi3. The summed E-state index contributed by atoms with van der Waals surface area (Å²) in [5, 5.41) is 0. The maximum atomic E-state index is 10.0. The molecule has 0 aromatic heterocycles. The van der Waals surface area contributed by atoms with Gasteiger partial charge in [0.2, 0.25) is 0 Å². The summed E-state index contributed by atoms with van der Waals surface area (Å²) in [6.45, 7) is 0. The first kappa shape index (κ1) is 10.7. The maximum Gasteiger partial charge on any atom is 0.461 e. The first-order chi connectivity index (χ1) is 4.56. The van der Waals surface area contributed by atoms with Crippen LogP contribution >= 0.6 is 7.82 Å². The van der Waals surface area contributed by atoms with Crippen LogP contribution in [0.4, 0.5) is 0 Å². The third kappa shape index (κ3) is 8.68. The van der Waals surface area contributed by atoms with Crippen molar-refractivity contribution in [2.45, 2.75) is 0 Å². The van der Waals surface area contributed by atoms with E-state index in [1.807, 2.05) is 0 Å². The van der Waals surface area contributed by atoms with Crippen LogP contribution in [0.5, 0.6) is 0 Å². The Labute approximate surface area is 65.8 Å². The Morgan fingerprint density at radius 1 is 1.40 bits per heavy atom. The molecule has 10 heteroatoms. The van der Waals surface area contributed by atoms with Gasteiger partial charge in [-0.2, -0.15) is 0 Å². The molecule has 0 aliphatic carbocycles. The van der Waals surface area contributed by atoms with Crippen LogP contribution in [0.1, 0.15) is 0 Å². The number of rotatable bonds is 5. The van der Waals surface area contributed by atoms with Crippen LogP contribution in [0.15, 0.2) is 0 Å². The molecule has 0 amide bonds. The highest BCUT2D eigenvalue weighted by Crippen LogP contribution is 2.34. The topological polar surface area (TPSA) is 85.2 Å². The molecule has 0 fully saturated rings. The Kier molecular flexibility index (Phi) is 5.71. The van der Waals surface area contributed by atoms with Gasteiger partial charge < -0.3 is 22.2 Å². The fraction of sp³-hybridized carbons (Fsp3) is 0. The van der Waals surface area contributed by atoms with Crippen LogP contribution in [0.25, 0.3) is 0 Å². The Morgan fingerprint density at radius 3 is 2.40 bits per heavy atom. The molecule has 0 heterocycles. The van der Waals surface area contributed by atoms with E-state index in [1.54, 1.807) is 0 Å². The predicted molar refractivity (Wildman–Crippen MR) is 42.3 cm³/mol. The highest BCUT2D eigenvalue weighted by atomic mass is 31.2. The standard InChI is InChI=1S/H9O6PSi3/c1-7(2,3)4-9-6-10-5-8/h9-10H2,8H3,(H2,1,2,3). The third-order valence-electron chi connectivity index (χ3n) is 0.505. The zero-order valence-electron chi connectivity index (χ0n) is 5.39. The van der Waals surface area contributed by atoms with Crippen molar-refractivity contribution in [1.82, 2.24) is 0 Å². The van der Waals surface area contributed by atoms with Crippen molar-refractivity contribution in [2.24, 2.45) is 0 Å². The first-order valence-electron chi connectivity index (χ1n) is 2.33. The Balaban J connectivity index is 3.13. The van der Waals surface area contributed by atoms with Gasteiger partial charge in [0.25, 0.3) is 10.0 Å². The molecule has 0 aliphatic rings. The fourth-order valence-electron chi connectivity index (χ4n) is 0.223. The molecule has 0 saturated heterocycles. The maximum absolute atomic E-state index is 10.0. The number of phosphoric acid groups is 1. The van der Waals surface area contributed by atoms with Crippen molar-refractivity contribution in [3.8, 4) is 0 Å². The average molecular weight is 220 g/mol. The van der Waals surface area contributed by atoms with Crippen LogP contribution < -0.4 is 0 Å². The van der Waals surface area contributed by atoms with E-state index < -0.39 is 27.8 Å². The van der Waals surface area contributed by atoms with Crippen molar-refractivity contribution < 1.29 is 26.8 Å². The average Bonchev–Trinajstić information content (AvgIpc) is 1.78. The highest BCUT2D eigenvalue weighted by molar-refractivity contribution is 7.47. The van der Waals surface area contributed by atoms with Crippen LogP contribution in [-0.4, -0.2) is 40.3 Å². The lowest BCUT2D eigenvalue weighted by molar-refractivity contribution is 0.273. The summed E-state index contributed by atoms with van der Waals surface area (Å²) in [7, 11) is -6.19. The summed E-state index contributed by atoms with van der Waals surface area (Å²) in [6, 6.07) is 0. The molecule has 0 aliphatic heterocycles. The van der Waals surface area contributed by atoms with Gasteiger partial charge >= 0.3 is 17.8 Å². The minimum Gasteiger partial charge on any atom is -0.449 e. The van der Waals surface area contributed by atoms with Crippen molar-refractivity contribution in [2.75, 3.05) is 0 Å². The molecule has 6 nitrogen and oxygen atoms in total. The normalized spacial score (nSPS) is 14.6. The van der Waals surface area contributed by atoms with E-state index in [1.165, 1.54) is 0 Å². The van der Waals surface area contributed by atoms with Gasteiger partial charge in [0.1, 0.15) is 10.5 Å². The zero-order chi connectivity index (χ0) is 8.04. The zero-order valence-corrected chi connectivity index (χ0v) is 11.1. The lowest BCUT2D eigenvalue weighted by Crippen LogP contribution is -2.08. The summed E-state index contributed by atoms with van der Waals surface area (Å²) < 4.78 is 23.5. The predicted octanol–water partition coefficient (Wildman–Crippen LogP) is -3.59. The minimum atomic E-state index is -4.29. The monoisotopic (exact) mass is 220 g/mol. The minimum absolute atomic E-state index is 0.604. The third-order valence-corrected chi connectivity index (χ3v) is 4.55. The van der Waals surface area contributed by atoms with E-state index in [2.05, 4.69) is 4.21 Å². The van der Waals surface area contributed by atoms with Gasteiger partial charge in [0, 0.05) is 0 Å². The van der Waals surface area contributed by atoms with Gasteiger partial charge in [-0.3, -0.25) is 0 Å². The van der Waals surface area contributed by atoms with Crippen LogP contribution in [0, 0.1) is 0 Å². The van der Waals surface area contributed by atoms with E-state index in [4.69, 9.17) is 18.0 Å². The van der Waals surface area contributed by atoms with Gasteiger partial charge in [-0.05, 0) is 0 Å². The molecule has 2 N–H and O–H groups in total. The molecule has 0 aromatic rings. The van der Waals surface area contributed by atoms with E-state index in [0.29, 0.717) is 10.5 Å². The van der Waals surface area contributed by atoms with Crippen molar-refractivity contribution in [1.29, 1.82) is 0 Å². The number of hydrogen-bond acceptors (Lipinski definition) is 4. The second kappa shape index (κ2) is 5.35. The molecule has 0 atom stereocenters. The Morgan fingerprint density at radius 2 is 2.00 bits per heavy atom. The summed E-state index contributed by atoms with van der Waals surface area (Å²) >= 11 is 0. The van der Waals surface area contributed by atoms with E-state index in [9.17, 15) is 4.57 Å². The fourth-order valence-corrected chi connectivity index (χ4v) is 4.18. The lowest BCUT2D eigenvalue weighted by atomic mass is 15.7. The van der Waals surface area contributed by atoms with Gasteiger partial charge in [0.05, 0.1) is 0 Å². The largest absolute Gasteiger partial charge is 0.461 e. The van der Waals surface area contributed by atoms with Gasteiger partial charge in [0.15, 0.2) is 0 Å². The number of hydrogen-bond donors (Lipinski definition) is 2. The van der Waals surface area contributed by atoms with E-state index >= 15 is 0 Å². The van der Waals surface area contributed by atoms with Crippen LogP contribution in [0.2, 0.25) is 0 Å². The van der Waals surface area contributed by atoms with Gasteiger partial charge in [-0.1, -0.05) is 0 Å². The molecule has 0 radical (unpaired) electrons. The molecule has 0 aromatic carbocycles. The SMILES string of the molecule is O=P(O)(O)O[SiH2]O[SiH2]O[SiH3]. The summed E-state index contributed by atoms with van der Waals surface area (Å²) in [5.41, 5.74) is 0. The Bertz CT molecular complexity index is 118. The molecule has 62 valence electrons. The molecule has 0 spiro atoms. The second-order valence-electron chi connectivity index (χ2n) is 1.35. The van der Waals surface area contributed by atoms with Crippen molar-refractivity contribution >= 4 is 38.3 Å². The summed E-state index contributed by atoms with van der Waals surface area (Å²) in [6.07, 6.45) is 0. The quantitative estimate of drug-likeness (QED) is 0.283. The lowest BCUT2D eigenvalue weighted by Gasteiger charge is -2.04. The van der Waals surface area contributed by atoms with Crippen LogP contribution in [-0.2, 0) is 17.0 Å². The summed E-state index contributed by atoms with van der Waals surface area (Å²) in [4.78, 5) is 16.3. The first-order valence-corrected chi connectivity index (χ1v) is 6.98. The second-order valence-corrected chi connectivity index (χ2v) is 7.78. The molecule has 0 rings (SSSR count). The highest BCUT2D eigenvalue weighted by Gasteiger charge is 2.12. The van der Waals surface area contributed by atoms with Crippen LogP contribution in [0.3, 0.4) is 0 Å². The molecular weight excluding hydrogens is 211 g/mol. The molecule has 0 bridgehead atoms. The van der Waals surface area contributed by atoms with Gasteiger partial charge in [-0.25, -0.2) is 4.57 Å². The van der Waals surface area contributed by atoms with E-state index in [0.717, 1.165) is 0 Å². The van der Waals surface area contributed by atoms with E-state index in [-0.39, 0.29) is 0 Å². The molecule has 10 heavy (non-hydrogen) atoms. The Hall–Kier alpha value is 0.681. The van der Waals surface area contributed by atoms with Gasteiger partial charge in [-0.15, -0.1) is 0 Å².